The van der Waals surface area contributed by atoms with Gasteiger partial charge in [-0.05, 0) is 26.4 Å². The second-order valence-electron chi connectivity index (χ2n) is 4.99. The molecule has 0 saturated carbocycles. The van der Waals surface area contributed by atoms with Crippen LogP contribution >= 0.6 is 0 Å². The molecule has 6 heteroatoms. The molecule has 6 nitrogen and oxygen atoms in total. The smallest absolute Gasteiger partial charge is 0.246 e. The molecule has 2 aliphatic heterocycles. The van der Waals surface area contributed by atoms with E-state index in [1.807, 2.05) is 6.92 Å². The van der Waals surface area contributed by atoms with Crippen molar-refractivity contribution in [1.82, 2.24) is 15.1 Å². The molecular weight excluding hydrogens is 246 g/mol. The van der Waals surface area contributed by atoms with Crippen molar-refractivity contribution in [3.63, 3.8) is 0 Å². The number of morpholine rings is 1. The third-order valence-electron chi connectivity index (χ3n) is 3.71. The Hall–Kier alpha value is -0.980. The number of carbonyl (C=O) groups is 2. The number of imide groups is 1. The lowest BCUT2D eigenvalue weighted by molar-refractivity contribution is -0.138. The summed E-state index contributed by atoms with van der Waals surface area (Å²) in [5.41, 5.74) is 0. The van der Waals surface area contributed by atoms with Crippen LogP contribution in [0.1, 0.15) is 19.8 Å². The van der Waals surface area contributed by atoms with Crippen LogP contribution in [0.2, 0.25) is 0 Å². The lowest BCUT2D eigenvalue weighted by Crippen LogP contribution is -2.41. The second-order valence-corrected chi connectivity index (χ2v) is 4.99. The monoisotopic (exact) mass is 269 g/mol. The molecule has 1 N–H and O–H groups in total. The van der Waals surface area contributed by atoms with E-state index in [4.69, 9.17) is 4.74 Å². The number of ether oxygens (including phenoxy) is 1. The van der Waals surface area contributed by atoms with E-state index in [0.717, 1.165) is 45.8 Å². The Kier molecular flexibility index (Phi) is 5.30. The van der Waals surface area contributed by atoms with Crippen LogP contribution in [0, 0.1) is 0 Å². The molecule has 0 spiro atoms. The van der Waals surface area contributed by atoms with E-state index in [2.05, 4.69) is 10.2 Å². The topological polar surface area (TPSA) is 61.9 Å². The summed E-state index contributed by atoms with van der Waals surface area (Å²) in [5, 5.41) is 3.20. The first kappa shape index (κ1) is 14.4. The van der Waals surface area contributed by atoms with Crippen molar-refractivity contribution < 1.29 is 14.3 Å². The molecule has 0 aromatic carbocycles. The fraction of sp³-hybridized carbons (Fsp3) is 0.846. The molecule has 2 amide bonds. The van der Waals surface area contributed by atoms with E-state index in [1.54, 1.807) is 0 Å². The summed E-state index contributed by atoms with van der Waals surface area (Å²) in [7, 11) is 0. The number of hydrogen-bond acceptors (Lipinski definition) is 5. The highest BCUT2D eigenvalue weighted by Gasteiger charge is 2.36. The summed E-state index contributed by atoms with van der Waals surface area (Å²) in [4.78, 5) is 27.1. The van der Waals surface area contributed by atoms with E-state index in [-0.39, 0.29) is 17.9 Å². The quantitative estimate of drug-likeness (QED) is 0.518. The molecule has 0 aromatic heterocycles. The Morgan fingerprint density at radius 2 is 2.05 bits per heavy atom. The molecule has 2 rings (SSSR count). The van der Waals surface area contributed by atoms with Gasteiger partial charge in [-0.3, -0.25) is 19.4 Å². The molecule has 0 bridgehead atoms. The van der Waals surface area contributed by atoms with Gasteiger partial charge in [0.2, 0.25) is 11.8 Å². The zero-order valence-electron chi connectivity index (χ0n) is 11.6. The van der Waals surface area contributed by atoms with E-state index in [1.165, 1.54) is 4.90 Å². The van der Waals surface area contributed by atoms with E-state index in [0.29, 0.717) is 13.0 Å². The summed E-state index contributed by atoms with van der Waals surface area (Å²) in [6.07, 6.45) is 1.30. The van der Waals surface area contributed by atoms with Crippen molar-refractivity contribution in [3.8, 4) is 0 Å². The van der Waals surface area contributed by atoms with Gasteiger partial charge in [0.1, 0.15) is 0 Å². The van der Waals surface area contributed by atoms with Crippen molar-refractivity contribution in [2.75, 3.05) is 45.9 Å². The highest BCUT2D eigenvalue weighted by atomic mass is 16.5. The summed E-state index contributed by atoms with van der Waals surface area (Å²) in [6, 6.07) is -0.308. The van der Waals surface area contributed by atoms with Gasteiger partial charge in [0, 0.05) is 19.6 Å². The van der Waals surface area contributed by atoms with Crippen molar-refractivity contribution in [2.24, 2.45) is 0 Å². The zero-order chi connectivity index (χ0) is 13.7. The number of rotatable bonds is 6. The van der Waals surface area contributed by atoms with Crippen LogP contribution in [0.5, 0.6) is 0 Å². The minimum Gasteiger partial charge on any atom is -0.379 e. The predicted octanol–water partition coefficient (Wildman–Crippen LogP) is -0.554. The van der Waals surface area contributed by atoms with Crippen LogP contribution in [0.4, 0.5) is 0 Å². The average molecular weight is 269 g/mol. The van der Waals surface area contributed by atoms with Crippen LogP contribution in [-0.2, 0) is 14.3 Å². The molecule has 2 heterocycles. The maximum atomic E-state index is 11.9. The van der Waals surface area contributed by atoms with Gasteiger partial charge in [-0.2, -0.15) is 0 Å². The molecule has 19 heavy (non-hydrogen) atoms. The number of likely N-dealkylation sites (N-methyl/N-ethyl adjacent to an activating group) is 1. The molecule has 0 radical (unpaired) electrons. The SMILES string of the molecule is CCN1C(=O)CC(NCCCN2CCOCC2)C1=O. The van der Waals surface area contributed by atoms with Gasteiger partial charge in [0.25, 0.3) is 0 Å². The van der Waals surface area contributed by atoms with Gasteiger partial charge >= 0.3 is 0 Å². The number of amides is 2. The zero-order valence-corrected chi connectivity index (χ0v) is 11.6. The Balaban J connectivity index is 1.63. The first-order valence-corrected chi connectivity index (χ1v) is 7.10. The summed E-state index contributed by atoms with van der Waals surface area (Å²) >= 11 is 0. The van der Waals surface area contributed by atoms with Crippen molar-refractivity contribution in [3.05, 3.63) is 0 Å². The number of hydrogen-bond donors (Lipinski definition) is 1. The van der Waals surface area contributed by atoms with Gasteiger partial charge in [0.05, 0.1) is 25.7 Å². The molecule has 1 unspecified atom stereocenters. The molecule has 2 fully saturated rings. The van der Waals surface area contributed by atoms with Crippen molar-refractivity contribution in [1.29, 1.82) is 0 Å². The van der Waals surface area contributed by atoms with Crippen LogP contribution in [-0.4, -0.2) is 73.6 Å². The maximum absolute atomic E-state index is 11.9. The summed E-state index contributed by atoms with van der Waals surface area (Å²) < 4.78 is 5.29. The average Bonchev–Trinajstić information content (AvgIpc) is 2.70. The Bertz CT molecular complexity index is 329. The van der Waals surface area contributed by atoms with Crippen LogP contribution in [0.15, 0.2) is 0 Å². The van der Waals surface area contributed by atoms with Crippen molar-refractivity contribution >= 4 is 11.8 Å². The third kappa shape index (κ3) is 3.75. The van der Waals surface area contributed by atoms with Crippen LogP contribution in [0.25, 0.3) is 0 Å². The Morgan fingerprint density at radius 1 is 1.32 bits per heavy atom. The molecular formula is C13H23N3O3. The number of likely N-dealkylation sites (tertiary alicyclic amines) is 1. The van der Waals surface area contributed by atoms with E-state index >= 15 is 0 Å². The molecule has 0 aromatic rings. The minimum atomic E-state index is -0.308. The van der Waals surface area contributed by atoms with Gasteiger partial charge < -0.3 is 10.1 Å². The second kappa shape index (κ2) is 6.98. The molecule has 1 atom stereocenters. The van der Waals surface area contributed by atoms with Gasteiger partial charge in [-0.15, -0.1) is 0 Å². The fourth-order valence-corrected chi connectivity index (χ4v) is 2.58. The highest BCUT2D eigenvalue weighted by Crippen LogP contribution is 2.12. The van der Waals surface area contributed by atoms with Gasteiger partial charge in [-0.1, -0.05) is 0 Å². The van der Waals surface area contributed by atoms with E-state index < -0.39 is 0 Å². The fourth-order valence-electron chi connectivity index (χ4n) is 2.58. The number of carbonyl (C=O) groups excluding carboxylic acids is 2. The molecule has 2 saturated heterocycles. The first-order chi connectivity index (χ1) is 9.22. The number of nitrogens with zero attached hydrogens (tertiary/aromatic N) is 2. The van der Waals surface area contributed by atoms with Crippen molar-refractivity contribution in [2.45, 2.75) is 25.8 Å². The molecule has 2 aliphatic rings. The highest BCUT2D eigenvalue weighted by molar-refractivity contribution is 6.05. The van der Waals surface area contributed by atoms with Crippen LogP contribution in [0.3, 0.4) is 0 Å². The summed E-state index contributed by atoms with van der Waals surface area (Å²) in [6.45, 7) is 7.71. The number of nitrogens with one attached hydrogen (secondary N) is 1. The largest absolute Gasteiger partial charge is 0.379 e. The standard InChI is InChI=1S/C13H23N3O3/c1-2-16-12(17)10-11(13(16)18)14-4-3-5-15-6-8-19-9-7-15/h11,14H,2-10H2,1H3. The third-order valence-corrected chi connectivity index (χ3v) is 3.71. The van der Waals surface area contributed by atoms with Gasteiger partial charge in [0.15, 0.2) is 0 Å². The lowest BCUT2D eigenvalue weighted by atomic mass is 10.2. The van der Waals surface area contributed by atoms with E-state index in [9.17, 15) is 9.59 Å². The predicted molar refractivity (Wildman–Crippen MR) is 70.7 cm³/mol. The molecule has 0 aliphatic carbocycles. The minimum absolute atomic E-state index is 0.0572. The first-order valence-electron chi connectivity index (χ1n) is 7.10. The normalized spacial score (nSPS) is 25.3. The Morgan fingerprint density at radius 3 is 2.68 bits per heavy atom. The maximum Gasteiger partial charge on any atom is 0.246 e. The van der Waals surface area contributed by atoms with Gasteiger partial charge in [-0.25, -0.2) is 0 Å². The Labute approximate surface area is 114 Å². The van der Waals surface area contributed by atoms with Crippen LogP contribution < -0.4 is 5.32 Å². The lowest BCUT2D eigenvalue weighted by Gasteiger charge is -2.26. The molecule has 108 valence electrons. The summed E-state index contributed by atoms with van der Waals surface area (Å²) in [5.74, 6) is -0.128.